The number of carbonyl (C=O) groups excluding carboxylic acids is 3. The Hall–Kier alpha value is -1.83. The summed E-state index contributed by atoms with van der Waals surface area (Å²) in [6.07, 6.45) is 57.5. The Morgan fingerprint density at radius 2 is 0.738 bits per heavy atom. The molecule has 6 spiro atoms. The summed E-state index contributed by atoms with van der Waals surface area (Å²) in [6, 6.07) is 1.69. The van der Waals surface area contributed by atoms with Crippen molar-refractivity contribution in [2.24, 2.45) is 47.8 Å². The molecule has 12 aliphatic rings. The van der Waals surface area contributed by atoms with Crippen LogP contribution in [0.2, 0.25) is 0 Å². The molecule has 15 nitrogen and oxygen atoms in total. The van der Waals surface area contributed by atoms with E-state index in [0.29, 0.717) is 57.0 Å². The van der Waals surface area contributed by atoms with Gasteiger partial charge < -0.3 is 31.2 Å². The lowest BCUT2D eigenvalue weighted by Gasteiger charge is -2.40. The SMILES string of the molecule is C.C.C.C.CC(C)(C)OC(=O)N[C@@H]1CCCC12CCCCC2.CC(C)(C)OC(=O)N[C@@H]1CCCC12CCNCC2.CC(C)(C)[S@@](=O)N=C1CCCC12CCCCC2.CC(C)(C)[S@@](=O)N[C@@H]1CCCC12CCCCC2.CC(C)(C)[S@](N)=O.N[C@@H]1CCCC12CCCCC2.O=C1CCCC12CCCCC2. The van der Waals surface area contributed by atoms with E-state index in [9.17, 15) is 27.0 Å². The lowest BCUT2D eigenvalue weighted by atomic mass is 9.70. The fraction of sp³-hybridized carbons (Fsp3) is 0.953. The minimum Gasteiger partial charge on any atom is -0.444 e. The smallest absolute Gasteiger partial charge is 0.407 e. The Morgan fingerprint density at radius 1 is 0.417 bits per heavy atom. The summed E-state index contributed by atoms with van der Waals surface area (Å²) in [5.41, 5.74) is 8.95. The molecule has 0 bridgehead atoms. The Morgan fingerprint density at radius 3 is 1.10 bits per heavy atom. The van der Waals surface area contributed by atoms with Gasteiger partial charge in [0.2, 0.25) is 0 Å². The number of amides is 2. The average molecular weight is 1510 g/mol. The first-order valence-corrected chi connectivity index (χ1v) is 44.1. The van der Waals surface area contributed by atoms with Crippen molar-refractivity contribution < 1.29 is 36.5 Å². The molecule has 0 aromatic carbocycles. The van der Waals surface area contributed by atoms with E-state index in [2.05, 4.69) is 45.8 Å². The summed E-state index contributed by atoms with van der Waals surface area (Å²) in [6.45, 7) is 31.3. The van der Waals surface area contributed by atoms with Crippen molar-refractivity contribution in [3.8, 4) is 0 Å². The first-order chi connectivity index (χ1) is 46.3. The van der Waals surface area contributed by atoms with E-state index in [1.165, 1.54) is 269 Å². The van der Waals surface area contributed by atoms with Crippen LogP contribution in [0.15, 0.2) is 4.40 Å². The van der Waals surface area contributed by atoms with E-state index in [1.807, 2.05) is 83.1 Å². The number of nitrogens with zero attached hydrogens (tertiary/aromatic N) is 1. The topological polar surface area (TPSA) is 233 Å². The maximum absolute atomic E-state index is 12.2. The quantitative estimate of drug-likeness (QED) is 0.152. The number of hydrogen-bond donors (Lipinski definition) is 6. The molecule has 0 aromatic heterocycles. The van der Waals surface area contributed by atoms with E-state index in [4.69, 9.17) is 20.3 Å². The highest BCUT2D eigenvalue weighted by Gasteiger charge is 2.49. The molecule has 1 heterocycles. The number of carbonyl (C=O) groups is 3. The Bertz CT molecular complexity index is 2520. The molecule has 0 unspecified atom stereocenters. The normalized spacial score (nSPS) is 27.5. The molecule has 18 heteroatoms. The van der Waals surface area contributed by atoms with Gasteiger partial charge in [0.25, 0.3) is 0 Å². The summed E-state index contributed by atoms with van der Waals surface area (Å²) in [7, 11) is -3.15. The van der Waals surface area contributed by atoms with Crippen LogP contribution in [0.1, 0.15) is 422 Å². The molecule has 2 amide bonds. The average Bonchev–Trinajstić information content (AvgIpc) is 1.72. The van der Waals surface area contributed by atoms with Gasteiger partial charge in [-0.1, -0.05) is 152 Å². The van der Waals surface area contributed by atoms with E-state index in [0.717, 1.165) is 38.8 Å². The molecule has 11 aliphatic carbocycles. The van der Waals surface area contributed by atoms with Crippen LogP contribution in [-0.2, 0) is 47.2 Å². The van der Waals surface area contributed by atoms with Crippen LogP contribution in [-0.4, -0.2) is 99.0 Å². The van der Waals surface area contributed by atoms with Crippen molar-refractivity contribution in [1.29, 1.82) is 0 Å². The van der Waals surface area contributed by atoms with E-state index in [1.54, 1.807) is 0 Å². The highest BCUT2D eigenvalue weighted by atomic mass is 32.2. The van der Waals surface area contributed by atoms with Gasteiger partial charge in [-0.3, -0.25) is 9.93 Å². The number of ether oxygens (including phenoxy) is 2. The first-order valence-electron chi connectivity index (χ1n) is 40.7. The van der Waals surface area contributed by atoms with Crippen molar-refractivity contribution in [3.05, 3.63) is 0 Å². The molecule has 1 saturated heterocycles. The highest BCUT2D eigenvalue weighted by molar-refractivity contribution is 7.85. The van der Waals surface area contributed by atoms with Crippen LogP contribution in [0.4, 0.5) is 9.59 Å². The van der Waals surface area contributed by atoms with Gasteiger partial charge in [0, 0.05) is 47.1 Å². The fourth-order valence-electron chi connectivity index (χ4n) is 19.4. The van der Waals surface area contributed by atoms with Gasteiger partial charge in [0.15, 0.2) is 0 Å². The van der Waals surface area contributed by atoms with Gasteiger partial charge in [0.05, 0.1) is 36.2 Å². The number of piperidine rings is 1. The Kier molecular flexibility index (Phi) is 40.7. The molecular weight excluding hydrogens is 1340 g/mol. The zero-order chi connectivity index (χ0) is 73.0. The Balaban J connectivity index is 0.000000412. The number of hydrogen-bond acceptors (Lipinski definition) is 10. The molecule has 12 fully saturated rings. The summed E-state index contributed by atoms with van der Waals surface area (Å²) in [5, 5.41) is 14.7. The molecule has 11 saturated carbocycles. The van der Waals surface area contributed by atoms with Gasteiger partial charge in [-0.2, -0.15) is 4.40 Å². The van der Waals surface area contributed by atoms with Crippen LogP contribution in [0.25, 0.3) is 0 Å². The van der Waals surface area contributed by atoms with Gasteiger partial charge in [-0.25, -0.2) is 26.9 Å². The molecule has 0 radical (unpaired) electrons. The third-order valence-electron chi connectivity index (χ3n) is 25.3. The largest absolute Gasteiger partial charge is 0.444 e. The third kappa shape index (κ3) is 29.7. The van der Waals surface area contributed by atoms with Gasteiger partial charge >= 0.3 is 12.2 Å². The van der Waals surface area contributed by atoms with Crippen molar-refractivity contribution in [3.63, 3.8) is 0 Å². The number of Topliss-reactive ketones (excluding diaryl/α,β-unsaturated/α-hetero) is 1. The number of ketones is 1. The standard InChI is InChI=1S/C15H27NO2.C14H26N2O2.C14H27NOS.C14H25NOS.C10H19N.C10H16O.C4H11NOS.4CH4/c1-14(2,3)18-13(17)16-12-8-7-11-15(12)9-5-4-6-10-15;1-13(2,3)18-12(17)16-11-5-4-6-14(11)7-9-15-10-8-14;2*1-13(2,3)17(16)15-12-8-7-11-14(12)9-5-4-6-10-14;2*11-9-5-4-8-10(9)6-2-1-3-7-10;1-4(2,3)7(5)6;;;;/h12H,4-11H2,1-3H3,(H,16,17);11,15H,4-10H2,1-3H3,(H,16,17);12,15H,4-11H2,1-3H3;4-11H2,1-3H3;9H,1-8,11H2;1-8H2;5H2,1-3H3;4*1H4/t12-;11-;12-,17-;17-;9-;;7-;;;;/m11111.1..../s1. The van der Waals surface area contributed by atoms with Crippen LogP contribution >= 0.6 is 0 Å². The molecule has 1 aliphatic heterocycles. The first kappa shape index (κ1) is 97.2. The molecular formula is C85H167N7O8S3. The molecule has 103 heavy (non-hydrogen) atoms. The number of alkyl carbamates (subject to hydrolysis) is 2. The van der Waals surface area contributed by atoms with Crippen LogP contribution in [0.3, 0.4) is 0 Å². The number of rotatable bonds is 5. The molecule has 0 aromatic rings. The van der Waals surface area contributed by atoms with Crippen LogP contribution in [0.5, 0.6) is 0 Å². The second kappa shape index (κ2) is 43.1. The predicted octanol–water partition coefficient (Wildman–Crippen LogP) is 22.1. The van der Waals surface area contributed by atoms with Crippen molar-refractivity contribution in [2.45, 2.75) is 472 Å². The van der Waals surface area contributed by atoms with Gasteiger partial charge in [0.1, 0.15) is 28.0 Å². The lowest BCUT2D eigenvalue weighted by Crippen LogP contribution is -2.50. The maximum Gasteiger partial charge on any atom is 0.407 e. The second-order valence-electron chi connectivity index (χ2n) is 38.1. The fourth-order valence-corrected chi connectivity index (χ4v) is 21.2. The summed E-state index contributed by atoms with van der Waals surface area (Å²) in [4.78, 5) is 35.4. The minimum atomic E-state index is -1.18. The highest BCUT2D eigenvalue weighted by Crippen LogP contribution is 2.53. The van der Waals surface area contributed by atoms with E-state index in [-0.39, 0.29) is 61.5 Å². The molecule has 608 valence electrons. The zero-order valence-corrected chi connectivity index (χ0v) is 68.6. The molecule has 12 rings (SSSR count). The van der Waals surface area contributed by atoms with Crippen molar-refractivity contribution in [1.82, 2.24) is 20.7 Å². The summed E-state index contributed by atoms with van der Waals surface area (Å²) >= 11 is 0. The monoisotopic (exact) mass is 1510 g/mol. The van der Waals surface area contributed by atoms with E-state index >= 15 is 0 Å². The van der Waals surface area contributed by atoms with E-state index < -0.39 is 44.2 Å². The van der Waals surface area contributed by atoms with Crippen LogP contribution < -0.4 is 31.5 Å². The number of nitrogens with two attached hydrogens (primary N) is 2. The second-order valence-corrected chi connectivity index (χ2v) is 43.9. The third-order valence-corrected chi connectivity index (χ3v) is 29.6. The maximum atomic E-state index is 12.2. The lowest BCUT2D eigenvalue weighted by molar-refractivity contribution is -0.127. The van der Waals surface area contributed by atoms with Gasteiger partial charge in [-0.05, 0) is 299 Å². The van der Waals surface area contributed by atoms with Crippen molar-refractivity contribution >= 4 is 56.6 Å². The molecule has 8 N–H and O–H groups in total. The Labute approximate surface area is 642 Å². The number of nitrogens with one attached hydrogen (secondary N) is 4. The minimum absolute atomic E-state index is 0. The molecule has 7 atom stereocenters. The summed E-state index contributed by atoms with van der Waals surface area (Å²) < 4.78 is 53.0. The van der Waals surface area contributed by atoms with Gasteiger partial charge in [-0.15, -0.1) is 0 Å². The predicted molar refractivity (Wildman–Crippen MR) is 444 cm³/mol. The van der Waals surface area contributed by atoms with Crippen molar-refractivity contribution in [2.75, 3.05) is 13.1 Å². The summed E-state index contributed by atoms with van der Waals surface area (Å²) in [5.74, 6) is 0.581. The van der Waals surface area contributed by atoms with Crippen LogP contribution in [0, 0.1) is 32.5 Å². The zero-order valence-electron chi connectivity index (χ0n) is 66.1.